The molecule has 0 radical (unpaired) electrons. The number of fused-ring (bicyclic) bond motifs is 1. The van der Waals surface area contributed by atoms with Crippen molar-refractivity contribution in [2.45, 2.75) is 6.42 Å². The summed E-state index contributed by atoms with van der Waals surface area (Å²) < 4.78 is 5.36. The number of rotatable bonds is 7. The third kappa shape index (κ3) is 4.38. The quantitative estimate of drug-likeness (QED) is 0.484. The Hall–Kier alpha value is -3.93. The number of aromatic nitrogens is 2. The minimum atomic E-state index is -0.147. The summed E-state index contributed by atoms with van der Waals surface area (Å²) in [6.45, 7) is 0.511. The maximum absolute atomic E-state index is 12.6. The highest BCUT2D eigenvalue weighted by Gasteiger charge is 2.09. The topological polar surface area (TPSA) is 76.1 Å². The van der Waals surface area contributed by atoms with Crippen molar-refractivity contribution in [1.82, 2.24) is 15.3 Å². The smallest absolute Gasteiger partial charge is 0.251 e. The maximum atomic E-state index is 12.6. The number of nitrogens with one attached hydrogen (secondary N) is 2. The molecular weight excluding hydrogens is 376 g/mol. The van der Waals surface area contributed by atoms with Gasteiger partial charge < -0.3 is 15.4 Å². The molecule has 4 aromatic rings. The van der Waals surface area contributed by atoms with Crippen molar-refractivity contribution < 1.29 is 9.53 Å². The third-order valence-electron chi connectivity index (χ3n) is 4.79. The van der Waals surface area contributed by atoms with Crippen molar-refractivity contribution in [3.05, 3.63) is 90.3 Å². The van der Waals surface area contributed by atoms with Crippen molar-refractivity contribution in [3.8, 4) is 5.75 Å². The van der Waals surface area contributed by atoms with E-state index in [1.54, 1.807) is 31.6 Å². The summed E-state index contributed by atoms with van der Waals surface area (Å²) in [5, 5.41) is 7.26. The van der Waals surface area contributed by atoms with Gasteiger partial charge in [0.2, 0.25) is 0 Å². The second kappa shape index (κ2) is 9.05. The molecule has 4 rings (SSSR count). The van der Waals surface area contributed by atoms with Crippen molar-refractivity contribution in [2.24, 2.45) is 0 Å². The van der Waals surface area contributed by atoms with Gasteiger partial charge in [-0.3, -0.25) is 9.78 Å². The van der Waals surface area contributed by atoms with Gasteiger partial charge in [-0.2, -0.15) is 0 Å². The number of carbonyl (C=O) groups excluding carboxylic acids is 1. The second-order valence-electron chi connectivity index (χ2n) is 6.75. The lowest BCUT2D eigenvalue weighted by molar-refractivity contribution is 0.0954. The van der Waals surface area contributed by atoms with Crippen LogP contribution >= 0.6 is 0 Å². The normalized spacial score (nSPS) is 10.6. The Labute approximate surface area is 175 Å². The van der Waals surface area contributed by atoms with E-state index in [-0.39, 0.29) is 5.91 Å². The van der Waals surface area contributed by atoms with E-state index < -0.39 is 0 Å². The number of para-hydroxylation sites is 2. The van der Waals surface area contributed by atoms with E-state index in [2.05, 4.69) is 20.6 Å². The van der Waals surface area contributed by atoms with E-state index >= 15 is 0 Å². The molecule has 0 bridgehead atoms. The van der Waals surface area contributed by atoms with Crippen molar-refractivity contribution in [3.63, 3.8) is 0 Å². The molecule has 0 atom stereocenters. The van der Waals surface area contributed by atoms with Crippen LogP contribution in [0.5, 0.6) is 5.75 Å². The summed E-state index contributed by atoms with van der Waals surface area (Å²) >= 11 is 0. The molecule has 0 aliphatic heterocycles. The zero-order valence-corrected chi connectivity index (χ0v) is 16.6. The predicted molar refractivity (Wildman–Crippen MR) is 118 cm³/mol. The van der Waals surface area contributed by atoms with Crippen LogP contribution in [0, 0.1) is 0 Å². The lowest BCUT2D eigenvalue weighted by atomic mass is 10.1. The van der Waals surface area contributed by atoms with E-state index in [1.807, 2.05) is 54.6 Å². The molecule has 2 aromatic heterocycles. The molecule has 1 amide bonds. The molecule has 0 aliphatic carbocycles. The highest BCUT2D eigenvalue weighted by molar-refractivity contribution is 5.96. The molecular formula is C24H22N4O2. The first-order valence-electron chi connectivity index (χ1n) is 9.71. The van der Waals surface area contributed by atoms with Crippen LogP contribution in [0.3, 0.4) is 0 Å². The Morgan fingerprint density at radius 3 is 2.73 bits per heavy atom. The maximum Gasteiger partial charge on any atom is 0.251 e. The molecule has 0 spiro atoms. The average Bonchev–Trinajstić information content (AvgIpc) is 2.80. The molecule has 150 valence electrons. The van der Waals surface area contributed by atoms with Crippen LogP contribution in [0.2, 0.25) is 0 Å². The molecule has 2 heterocycles. The third-order valence-corrected chi connectivity index (χ3v) is 4.79. The molecule has 0 saturated heterocycles. The molecule has 2 N–H and O–H groups in total. The largest absolute Gasteiger partial charge is 0.496 e. The first-order valence-corrected chi connectivity index (χ1v) is 9.71. The second-order valence-corrected chi connectivity index (χ2v) is 6.75. The number of pyridine rings is 2. The zero-order chi connectivity index (χ0) is 20.8. The van der Waals surface area contributed by atoms with Gasteiger partial charge in [0.1, 0.15) is 11.6 Å². The number of amides is 1. The number of hydrogen-bond acceptors (Lipinski definition) is 5. The number of hydrogen-bond donors (Lipinski definition) is 2. The first kappa shape index (κ1) is 19.4. The summed E-state index contributed by atoms with van der Waals surface area (Å²) in [7, 11) is 1.65. The summed E-state index contributed by atoms with van der Waals surface area (Å²) in [6, 6.07) is 21.1. The Morgan fingerprint density at radius 2 is 1.83 bits per heavy atom. The SMILES string of the molecule is COc1ccccc1CCNC(=O)c1ccnc(Nc2cccc3cccnc23)c1. The number of ether oxygens (including phenoxy) is 1. The van der Waals surface area contributed by atoms with E-state index in [0.717, 1.165) is 27.9 Å². The fourth-order valence-electron chi connectivity index (χ4n) is 3.31. The van der Waals surface area contributed by atoms with Crippen LogP contribution in [0.4, 0.5) is 11.5 Å². The number of methoxy groups -OCH3 is 1. The average molecular weight is 398 g/mol. The standard InChI is InChI=1S/C24H22N4O2/c1-30-21-10-3-2-6-17(21)11-15-27-24(29)19-12-14-25-22(16-19)28-20-9-4-7-18-8-5-13-26-23(18)20/h2-10,12-14,16H,11,15H2,1H3,(H,25,28)(H,27,29). The van der Waals surface area contributed by atoms with Gasteiger partial charge in [0.25, 0.3) is 5.91 Å². The van der Waals surface area contributed by atoms with Crippen LogP contribution in [0.25, 0.3) is 10.9 Å². The van der Waals surface area contributed by atoms with E-state index in [9.17, 15) is 4.79 Å². The molecule has 6 heteroatoms. The van der Waals surface area contributed by atoms with Crippen molar-refractivity contribution >= 4 is 28.3 Å². The van der Waals surface area contributed by atoms with E-state index in [1.165, 1.54) is 0 Å². The predicted octanol–water partition coefficient (Wildman–Crippen LogP) is 4.35. The highest BCUT2D eigenvalue weighted by Crippen LogP contribution is 2.24. The monoisotopic (exact) mass is 398 g/mol. The van der Waals surface area contributed by atoms with Gasteiger partial charge in [-0.1, -0.05) is 36.4 Å². The lowest BCUT2D eigenvalue weighted by Gasteiger charge is -2.11. The summed E-state index contributed by atoms with van der Waals surface area (Å²) in [6.07, 6.45) is 4.07. The van der Waals surface area contributed by atoms with Gasteiger partial charge in [0.05, 0.1) is 18.3 Å². The Morgan fingerprint density at radius 1 is 0.967 bits per heavy atom. The zero-order valence-electron chi connectivity index (χ0n) is 16.6. The van der Waals surface area contributed by atoms with Gasteiger partial charge in [0, 0.05) is 29.9 Å². The lowest BCUT2D eigenvalue weighted by Crippen LogP contribution is -2.25. The van der Waals surface area contributed by atoms with Crippen LogP contribution in [0.1, 0.15) is 15.9 Å². The van der Waals surface area contributed by atoms with Crippen molar-refractivity contribution in [2.75, 3.05) is 19.0 Å². The van der Waals surface area contributed by atoms with E-state index in [0.29, 0.717) is 24.3 Å². The van der Waals surface area contributed by atoms with Gasteiger partial charge in [0.15, 0.2) is 0 Å². The summed E-state index contributed by atoms with van der Waals surface area (Å²) in [5.74, 6) is 1.27. The van der Waals surface area contributed by atoms with Gasteiger partial charge in [-0.25, -0.2) is 4.98 Å². The number of anilines is 2. The van der Waals surface area contributed by atoms with E-state index in [4.69, 9.17) is 4.74 Å². The Balaban J connectivity index is 1.43. The summed E-state index contributed by atoms with van der Waals surface area (Å²) in [4.78, 5) is 21.4. The Bertz CT molecular complexity index is 1170. The van der Waals surface area contributed by atoms with Crippen LogP contribution < -0.4 is 15.4 Å². The summed E-state index contributed by atoms with van der Waals surface area (Å²) in [5.41, 5.74) is 3.30. The van der Waals surface area contributed by atoms with Gasteiger partial charge in [-0.05, 0) is 42.3 Å². The van der Waals surface area contributed by atoms with Crippen LogP contribution in [0.15, 0.2) is 79.1 Å². The molecule has 0 fully saturated rings. The first-order chi connectivity index (χ1) is 14.7. The van der Waals surface area contributed by atoms with Crippen molar-refractivity contribution in [1.29, 1.82) is 0 Å². The molecule has 30 heavy (non-hydrogen) atoms. The van der Waals surface area contributed by atoms with Crippen LogP contribution in [-0.2, 0) is 6.42 Å². The van der Waals surface area contributed by atoms with Gasteiger partial charge in [-0.15, -0.1) is 0 Å². The minimum absolute atomic E-state index is 0.147. The molecule has 6 nitrogen and oxygen atoms in total. The molecule has 0 aliphatic rings. The minimum Gasteiger partial charge on any atom is -0.496 e. The van der Waals surface area contributed by atoms with Crippen LogP contribution in [-0.4, -0.2) is 29.5 Å². The fraction of sp³-hybridized carbons (Fsp3) is 0.125. The molecule has 0 saturated carbocycles. The Kier molecular flexibility index (Phi) is 5.85. The highest BCUT2D eigenvalue weighted by atomic mass is 16.5. The molecule has 2 aromatic carbocycles. The molecule has 0 unspecified atom stereocenters. The van der Waals surface area contributed by atoms with Gasteiger partial charge >= 0.3 is 0 Å². The number of benzene rings is 2. The number of carbonyl (C=O) groups is 1. The number of nitrogens with zero attached hydrogens (tertiary/aromatic N) is 2. The fourth-order valence-corrected chi connectivity index (χ4v) is 3.31.